The van der Waals surface area contributed by atoms with Gasteiger partial charge in [0.15, 0.2) is 0 Å². The highest BCUT2D eigenvalue weighted by atomic mass is 16.1. The smallest absolute Gasteiger partial charge is 0.254 e. The first-order chi connectivity index (χ1) is 10.7. The molecular formula is C16H15N5O. The van der Waals surface area contributed by atoms with E-state index in [1.165, 1.54) is 16.7 Å². The number of pyridine rings is 1. The zero-order valence-electron chi connectivity index (χ0n) is 12.1. The summed E-state index contributed by atoms with van der Waals surface area (Å²) in [6, 6.07) is 7.98. The lowest BCUT2D eigenvalue weighted by atomic mass is 10.0. The van der Waals surface area contributed by atoms with Crippen LogP contribution in [0.25, 0.3) is 11.2 Å². The quantitative estimate of drug-likeness (QED) is 0.757. The highest BCUT2D eigenvalue weighted by molar-refractivity contribution is 6.03. The van der Waals surface area contributed by atoms with Crippen LogP contribution in [0, 0.1) is 6.92 Å². The molecule has 0 spiro atoms. The first-order valence-electron chi connectivity index (χ1n) is 7.29. The van der Waals surface area contributed by atoms with Gasteiger partial charge in [0, 0.05) is 6.20 Å². The summed E-state index contributed by atoms with van der Waals surface area (Å²) in [7, 11) is 0. The largest absolute Gasteiger partial charge is 0.345 e. The lowest BCUT2D eigenvalue weighted by molar-refractivity contribution is 0.0938. The van der Waals surface area contributed by atoms with Gasteiger partial charge in [-0.05, 0) is 42.5 Å². The number of fused-ring (bicyclic) bond motifs is 2. The molecule has 1 unspecified atom stereocenters. The average molecular weight is 293 g/mol. The third kappa shape index (κ3) is 1.95. The molecule has 2 aromatic heterocycles. The van der Waals surface area contributed by atoms with Crippen molar-refractivity contribution in [1.82, 2.24) is 25.7 Å². The number of H-pyrrole nitrogens is 1. The first kappa shape index (κ1) is 12.9. The number of benzene rings is 1. The molecule has 0 saturated carbocycles. The molecule has 2 heterocycles. The number of amides is 1. The zero-order valence-corrected chi connectivity index (χ0v) is 12.1. The van der Waals surface area contributed by atoms with Crippen molar-refractivity contribution in [3.05, 3.63) is 52.7 Å². The Morgan fingerprint density at radius 2 is 2.23 bits per heavy atom. The molecule has 0 fully saturated rings. The van der Waals surface area contributed by atoms with Crippen molar-refractivity contribution in [1.29, 1.82) is 0 Å². The van der Waals surface area contributed by atoms with Crippen LogP contribution in [-0.2, 0) is 6.42 Å². The number of rotatable bonds is 2. The average Bonchev–Trinajstić information content (AvgIpc) is 3.14. The molecule has 4 rings (SSSR count). The monoisotopic (exact) mass is 293 g/mol. The van der Waals surface area contributed by atoms with E-state index in [9.17, 15) is 4.79 Å². The molecule has 0 saturated heterocycles. The van der Waals surface area contributed by atoms with E-state index in [1.807, 2.05) is 6.07 Å². The molecule has 1 amide bonds. The third-order valence-corrected chi connectivity index (χ3v) is 4.28. The highest BCUT2D eigenvalue weighted by Gasteiger charge is 2.26. The number of carbonyl (C=O) groups excluding carboxylic acids is 1. The van der Waals surface area contributed by atoms with Crippen LogP contribution in [0.4, 0.5) is 0 Å². The standard InChI is InChI=1S/C16H15N5O/c1-9-3-2-4-11-10(9)5-6-13(11)18-16(22)12-7-8-17-15-14(12)19-21-20-15/h2-4,7-8,13H,5-6H2,1H3,(H,18,22)(H,17,19,20,21). The molecule has 110 valence electrons. The Morgan fingerprint density at radius 3 is 3.14 bits per heavy atom. The van der Waals surface area contributed by atoms with E-state index in [1.54, 1.807) is 12.3 Å². The third-order valence-electron chi connectivity index (χ3n) is 4.28. The Balaban J connectivity index is 1.64. The van der Waals surface area contributed by atoms with Crippen molar-refractivity contribution in [3.8, 4) is 0 Å². The first-order valence-corrected chi connectivity index (χ1v) is 7.29. The van der Waals surface area contributed by atoms with E-state index in [0.29, 0.717) is 16.7 Å². The van der Waals surface area contributed by atoms with Gasteiger partial charge < -0.3 is 5.32 Å². The van der Waals surface area contributed by atoms with E-state index in [4.69, 9.17) is 0 Å². The van der Waals surface area contributed by atoms with Gasteiger partial charge in [-0.25, -0.2) is 4.98 Å². The SMILES string of the molecule is Cc1cccc2c1CCC2NC(=O)c1ccnc2n[nH]nc12. The number of carbonyl (C=O) groups is 1. The summed E-state index contributed by atoms with van der Waals surface area (Å²) in [4.78, 5) is 16.7. The number of hydrogen-bond donors (Lipinski definition) is 2. The summed E-state index contributed by atoms with van der Waals surface area (Å²) in [6.45, 7) is 2.12. The van der Waals surface area contributed by atoms with Crippen molar-refractivity contribution in [2.24, 2.45) is 0 Å². The van der Waals surface area contributed by atoms with E-state index in [-0.39, 0.29) is 11.9 Å². The molecule has 1 aliphatic carbocycles. The summed E-state index contributed by atoms with van der Waals surface area (Å²) in [6.07, 6.45) is 3.51. The molecule has 0 bridgehead atoms. The molecule has 3 aromatic rings. The topological polar surface area (TPSA) is 83.6 Å². The maximum atomic E-state index is 12.6. The van der Waals surface area contributed by atoms with Crippen molar-refractivity contribution >= 4 is 17.1 Å². The molecule has 22 heavy (non-hydrogen) atoms. The lowest BCUT2D eigenvalue weighted by Gasteiger charge is -2.14. The molecule has 1 atom stereocenters. The molecule has 2 N–H and O–H groups in total. The molecule has 1 aliphatic rings. The van der Waals surface area contributed by atoms with E-state index in [0.717, 1.165) is 12.8 Å². The second kappa shape index (κ2) is 4.91. The number of aromatic nitrogens is 4. The molecule has 6 nitrogen and oxygen atoms in total. The predicted molar refractivity (Wildman–Crippen MR) is 81.4 cm³/mol. The van der Waals surface area contributed by atoms with Gasteiger partial charge in [0.05, 0.1) is 11.6 Å². The predicted octanol–water partition coefficient (Wildman–Crippen LogP) is 2.08. The Morgan fingerprint density at radius 1 is 1.32 bits per heavy atom. The van der Waals surface area contributed by atoms with Crippen LogP contribution in [-0.4, -0.2) is 26.3 Å². The van der Waals surface area contributed by atoms with Crippen molar-refractivity contribution < 1.29 is 4.79 Å². The fourth-order valence-electron chi connectivity index (χ4n) is 3.16. The van der Waals surface area contributed by atoms with Gasteiger partial charge >= 0.3 is 0 Å². The van der Waals surface area contributed by atoms with Crippen LogP contribution in [0.3, 0.4) is 0 Å². The minimum absolute atomic E-state index is 0.0533. The summed E-state index contributed by atoms with van der Waals surface area (Å²) >= 11 is 0. The Hall–Kier alpha value is -2.76. The van der Waals surface area contributed by atoms with Crippen LogP contribution in [0.15, 0.2) is 30.5 Å². The number of aryl methyl sites for hydroxylation is 1. The van der Waals surface area contributed by atoms with Crippen molar-refractivity contribution in [2.45, 2.75) is 25.8 Å². The maximum absolute atomic E-state index is 12.6. The van der Waals surface area contributed by atoms with Gasteiger partial charge in [-0.1, -0.05) is 18.2 Å². The van der Waals surface area contributed by atoms with Crippen LogP contribution < -0.4 is 5.32 Å². The molecular weight excluding hydrogens is 278 g/mol. The number of nitrogens with zero attached hydrogens (tertiary/aromatic N) is 3. The van der Waals surface area contributed by atoms with Gasteiger partial charge in [-0.2, -0.15) is 10.3 Å². The van der Waals surface area contributed by atoms with Gasteiger partial charge in [0.1, 0.15) is 5.52 Å². The molecule has 1 aromatic carbocycles. The second-order valence-corrected chi connectivity index (χ2v) is 5.56. The second-order valence-electron chi connectivity index (χ2n) is 5.56. The minimum atomic E-state index is -0.138. The molecule has 0 aliphatic heterocycles. The fourth-order valence-corrected chi connectivity index (χ4v) is 3.16. The highest BCUT2D eigenvalue weighted by Crippen LogP contribution is 2.33. The Bertz CT molecular complexity index is 870. The summed E-state index contributed by atoms with van der Waals surface area (Å²) in [5.74, 6) is -0.138. The number of aromatic amines is 1. The van der Waals surface area contributed by atoms with E-state index in [2.05, 4.69) is 44.8 Å². The fraction of sp³-hybridized carbons (Fsp3) is 0.250. The van der Waals surface area contributed by atoms with Gasteiger partial charge in [-0.3, -0.25) is 4.79 Å². The number of hydrogen-bond acceptors (Lipinski definition) is 4. The van der Waals surface area contributed by atoms with Crippen LogP contribution in [0.2, 0.25) is 0 Å². The number of nitrogens with one attached hydrogen (secondary N) is 2. The zero-order chi connectivity index (χ0) is 15.1. The maximum Gasteiger partial charge on any atom is 0.254 e. The van der Waals surface area contributed by atoms with Gasteiger partial charge in [-0.15, -0.1) is 5.10 Å². The lowest BCUT2D eigenvalue weighted by Crippen LogP contribution is -2.27. The summed E-state index contributed by atoms with van der Waals surface area (Å²) in [5, 5.41) is 13.5. The van der Waals surface area contributed by atoms with E-state index >= 15 is 0 Å². The van der Waals surface area contributed by atoms with Gasteiger partial charge in [0.25, 0.3) is 5.91 Å². The van der Waals surface area contributed by atoms with Crippen LogP contribution >= 0.6 is 0 Å². The summed E-state index contributed by atoms with van der Waals surface area (Å²) in [5.41, 5.74) is 5.32. The Kier molecular flexibility index (Phi) is 2.89. The Labute approximate surface area is 127 Å². The summed E-state index contributed by atoms with van der Waals surface area (Å²) < 4.78 is 0. The van der Waals surface area contributed by atoms with Gasteiger partial charge in [0.2, 0.25) is 5.65 Å². The van der Waals surface area contributed by atoms with Crippen molar-refractivity contribution in [3.63, 3.8) is 0 Å². The molecule has 6 heteroatoms. The van der Waals surface area contributed by atoms with Crippen LogP contribution in [0.1, 0.15) is 39.5 Å². The normalized spacial score (nSPS) is 16.7. The molecule has 0 radical (unpaired) electrons. The van der Waals surface area contributed by atoms with Crippen LogP contribution in [0.5, 0.6) is 0 Å². The minimum Gasteiger partial charge on any atom is -0.345 e. The van der Waals surface area contributed by atoms with E-state index < -0.39 is 0 Å². The van der Waals surface area contributed by atoms with Crippen molar-refractivity contribution in [2.75, 3.05) is 0 Å².